The topological polar surface area (TPSA) is 45.7 Å². The highest BCUT2D eigenvalue weighted by molar-refractivity contribution is 7.09. The maximum absolute atomic E-state index is 11.8. The van der Waals surface area contributed by atoms with Crippen LogP contribution in [0.5, 0.6) is 0 Å². The van der Waals surface area contributed by atoms with Crippen molar-refractivity contribution < 1.29 is 17.9 Å². The van der Waals surface area contributed by atoms with E-state index in [1.807, 2.05) is 17.5 Å². The lowest BCUT2D eigenvalue weighted by Gasteiger charge is -2.11. The van der Waals surface area contributed by atoms with E-state index in [0.29, 0.717) is 25.5 Å². The van der Waals surface area contributed by atoms with Crippen molar-refractivity contribution in [3.8, 4) is 0 Å². The van der Waals surface area contributed by atoms with Gasteiger partial charge in [-0.2, -0.15) is 13.2 Å². The van der Waals surface area contributed by atoms with Crippen LogP contribution in [0.2, 0.25) is 0 Å². The molecule has 0 radical (unpaired) electrons. The molecule has 0 aliphatic carbocycles. The Balaban J connectivity index is 2.07. The van der Waals surface area contributed by atoms with E-state index in [-0.39, 0.29) is 6.61 Å². The van der Waals surface area contributed by atoms with Crippen molar-refractivity contribution in [1.29, 1.82) is 0 Å². The molecular formula is C12H18F3N3OS. The highest BCUT2D eigenvalue weighted by Gasteiger charge is 2.27. The first-order valence-corrected chi connectivity index (χ1v) is 7.00. The molecule has 0 spiro atoms. The number of halogens is 3. The third-order valence-corrected chi connectivity index (χ3v) is 3.13. The molecule has 1 aromatic heterocycles. The van der Waals surface area contributed by atoms with Gasteiger partial charge in [0.05, 0.1) is 6.54 Å². The molecule has 0 atom stereocenters. The molecule has 114 valence electrons. The van der Waals surface area contributed by atoms with Gasteiger partial charge in [0.25, 0.3) is 0 Å². The third kappa shape index (κ3) is 8.00. The molecule has 1 aromatic rings. The van der Waals surface area contributed by atoms with Crippen molar-refractivity contribution in [2.75, 3.05) is 26.8 Å². The summed E-state index contributed by atoms with van der Waals surface area (Å²) in [6, 6.07) is 3.98. The molecule has 0 aliphatic rings. The van der Waals surface area contributed by atoms with Crippen LogP contribution in [0.15, 0.2) is 22.5 Å². The van der Waals surface area contributed by atoms with Crippen LogP contribution in [-0.2, 0) is 11.3 Å². The number of hydrogen-bond donors (Lipinski definition) is 2. The fourth-order valence-electron chi connectivity index (χ4n) is 1.37. The average molecular weight is 309 g/mol. The monoisotopic (exact) mass is 309 g/mol. The van der Waals surface area contributed by atoms with Crippen molar-refractivity contribution in [2.24, 2.45) is 4.99 Å². The summed E-state index contributed by atoms with van der Waals surface area (Å²) in [5, 5.41) is 8.12. The molecule has 0 unspecified atom stereocenters. The first kappa shape index (κ1) is 16.8. The number of thiophene rings is 1. The van der Waals surface area contributed by atoms with Crippen molar-refractivity contribution >= 4 is 17.3 Å². The minimum absolute atomic E-state index is 0.0639. The molecule has 0 saturated heterocycles. The quantitative estimate of drug-likeness (QED) is 0.462. The van der Waals surface area contributed by atoms with Crippen molar-refractivity contribution in [3.05, 3.63) is 22.4 Å². The summed E-state index contributed by atoms with van der Waals surface area (Å²) in [5.74, 6) is 0.620. The van der Waals surface area contributed by atoms with E-state index in [2.05, 4.69) is 20.4 Å². The average Bonchev–Trinajstić information content (AvgIpc) is 2.89. The molecule has 1 heterocycles. The van der Waals surface area contributed by atoms with Crippen LogP contribution in [0.3, 0.4) is 0 Å². The maximum Gasteiger partial charge on any atom is 0.411 e. The van der Waals surface area contributed by atoms with E-state index in [4.69, 9.17) is 0 Å². The Kier molecular flexibility index (Phi) is 7.38. The Morgan fingerprint density at radius 3 is 2.80 bits per heavy atom. The van der Waals surface area contributed by atoms with Crippen molar-refractivity contribution in [2.45, 2.75) is 19.1 Å². The summed E-state index contributed by atoms with van der Waals surface area (Å²) in [7, 11) is 1.64. The van der Waals surface area contributed by atoms with Gasteiger partial charge in [0.1, 0.15) is 6.61 Å². The molecule has 1 rings (SSSR count). The van der Waals surface area contributed by atoms with Gasteiger partial charge in [-0.25, -0.2) is 0 Å². The van der Waals surface area contributed by atoms with Gasteiger partial charge in [0, 0.05) is 25.1 Å². The summed E-state index contributed by atoms with van der Waals surface area (Å²) in [6.45, 7) is 0.0384. The summed E-state index contributed by atoms with van der Waals surface area (Å²) >= 11 is 1.64. The molecule has 8 heteroatoms. The SMILES string of the molecule is CN=C(NCCCOCC(F)(F)F)NCc1cccs1. The zero-order valence-electron chi connectivity index (χ0n) is 11.2. The van der Waals surface area contributed by atoms with Crippen LogP contribution >= 0.6 is 11.3 Å². The predicted molar refractivity (Wildman–Crippen MR) is 74.0 cm³/mol. The number of guanidine groups is 1. The Labute approximate surface area is 120 Å². The third-order valence-electron chi connectivity index (χ3n) is 2.26. The standard InChI is InChI=1S/C12H18F3N3OS/c1-16-11(18-8-10-4-2-7-20-10)17-5-3-6-19-9-12(13,14)15/h2,4,7H,3,5-6,8-9H2,1H3,(H2,16,17,18). The first-order valence-electron chi connectivity index (χ1n) is 6.12. The normalized spacial score (nSPS) is 12.5. The number of rotatable bonds is 7. The number of aliphatic imine (C=N–C) groups is 1. The van der Waals surface area contributed by atoms with Crippen molar-refractivity contribution in [3.63, 3.8) is 0 Å². The highest BCUT2D eigenvalue weighted by atomic mass is 32.1. The van der Waals surface area contributed by atoms with Gasteiger partial charge in [0.2, 0.25) is 0 Å². The molecule has 2 N–H and O–H groups in total. The van der Waals surface area contributed by atoms with E-state index in [1.165, 1.54) is 4.88 Å². The summed E-state index contributed by atoms with van der Waals surface area (Å²) in [4.78, 5) is 5.20. The van der Waals surface area contributed by atoms with Gasteiger partial charge in [-0.1, -0.05) is 6.07 Å². The number of alkyl halides is 3. The van der Waals surface area contributed by atoms with Crippen LogP contribution in [0.4, 0.5) is 13.2 Å². The zero-order chi connectivity index (χ0) is 14.8. The van der Waals surface area contributed by atoms with Crippen LogP contribution in [0, 0.1) is 0 Å². The highest BCUT2D eigenvalue weighted by Crippen LogP contribution is 2.14. The second-order valence-electron chi connectivity index (χ2n) is 3.95. The molecule has 0 aliphatic heterocycles. The first-order chi connectivity index (χ1) is 9.51. The molecule has 0 fully saturated rings. The second kappa shape index (κ2) is 8.80. The van der Waals surface area contributed by atoms with Gasteiger partial charge >= 0.3 is 6.18 Å². The van der Waals surface area contributed by atoms with Crippen LogP contribution in [0.25, 0.3) is 0 Å². The van der Waals surface area contributed by atoms with Crippen LogP contribution in [0.1, 0.15) is 11.3 Å². The minimum atomic E-state index is -4.26. The second-order valence-corrected chi connectivity index (χ2v) is 4.99. The maximum atomic E-state index is 11.8. The minimum Gasteiger partial charge on any atom is -0.372 e. The lowest BCUT2D eigenvalue weighted by molar-refractivity contribution is -0.173. The number of nitrogens with one attached hydrogen (secondary N) is 2. The Morgan fingerprint density at radius 1 is 1.40 bits per heavy atom. The number of ether oxygens (including phenoxy) is 1. The lowest BCUT2D eigenvalue weighted by Crippen LogP contribution is -2.37. The number of nitrogens with zero attached hydrogens (tertiary/aromatic N) is 1. The van der Waals surface area contributed by atoms with Crippen LogP contribution < -0.4 is 10.6 Å². The summed E-state index contributed by atoms with van der Waals surface area (Å²) in [6.07, 6.45) is -3.78. The molecule has 0 bridgehead atoms. The smallest absolute Gasteiger partial charge is 0.372 e. The van der Waals surface area contributed by atoms with Gasteiger partial charge in [-0.3, -0.25) is 4.99 Å². The Morgan fingerprint density at radius 2 is 2.20 bits per heavy atom. The lowest BCUT2D eigenvalue weighted by atomic mass is 10.4. The molecular weight excluding hydrogens is 291 g/mol. The van der Waals surface area contributed by atoms with Crippen LogP contribution in [-0.4, -0.2) is 38.9 Å². The fourth-order valence-corrected chi connectivity index (χ4v) is 2.02. The van der Waals surface area contributed by atoms with E-state index >= 15 is 0 Å². The van der Waals surface area contributed by atoms with E-state index in [1.54, 1.807) is 18.4 Å². The van der Waals surface area contributed by atoms with E-state index in [0.717, 1.165) is 0 Å². The molecule has 20 heavy (non-hydrogen) atoms. The summed E-state index contributed by atoms with van der Waals surface area (Å²) < 4.78 is 40.0. The Bertz CT molecular complexity index is 393. The molecule has 4 nitrogen and oxygen atoms in total. The van der Waals surface area contributed by atoms with Gasteiger partial charge in [-0.05, 0) is 17.9 Å². The Hall–Kier alpha value is -1.28. The molecule has 0 aromatic carbocycles. The van der Waals surface area contributed by atoms with Crippen molar-refractivity contribution in [1.82, 2.24) is 10.6 Å². The fraction of sp³-hybridized carbons (Fsp3) is 0.583. The van der Waals surface area contributed by atoms with Gasteiger partial charge in [-0.15, -0.1) is 11.3 Å². The molecule has 0 saturated carbocycles. The zero-order valence-corrected chi connectivity index (χ0v) is 12.0. The molecule has 0 amide bonds. The van der Waals surface area contributed by atoms with Gasteiger partial charge in [0.15, 0.2) is 5.96 Å². The van der Waals surface area contributed by atoms with Gasteiger partial charge < -0.3 is 15.4 Å². The van der Waals surface area contributed by atoms with E-state index < -0.39 is 12.8 Å². The number of hydrogen-bond acceptors (Lipinski definition) is 3. The predicted octanol–water partition coefficient (Wildman–Crippen LogP) is 2.38. The summed E-state index contributed by atoms with van der Waals surface area (Å²) in [5.41, 5.74) is 0. The largest absolute Gasteiger partial charge is 0.411 e. The van der Waals surface area contributed by atoms with E-state index in [9.17, 15) is 13.2 Å².